The molecular weight excluding hydrogens is 316 g/mol. The third-order valence-electron chi connectivity index (χ3n) is 5.51. The predicted molar refractivity (Wildman–Crippen MR) is 92.8 cm³/mol. The molecule has 1 amide bonds. The molecule has 1 aromatic heterocycles. The van der Waals surface area contributed by atoms with Gasteiger partial charge in [-0.2, -0.15) is 4.98 Å². The summed E-state index contributed by atoms with van der Waals surface area (Å²) in [5.41, 5.74) is 2.45. The first-order valence-corrected chi connectivity index (χ1v) is 8.97. The first kappa shape index (κ1) is 16.3. The molecule has 6 heteroatoms. The van der Waals surface area contributed by atoms with E-state index in [1.54, 1.807) is 0 Å². The first-order chi connectivity index (χ1) is 12.1. The molecule has 2 aromatic rings. The molecular formula is C19H24N4O2. The van der Waals surface area contributed by atoms with Crippen LogP contribution >= 0.6 is 0 Å². The highest BCUT2D eigenvalue weighted by molar-refractivity contribution is 5.81. The minimum Gasteiger partial charge on any atom is -0.344 e. The number of likely N-dealkylation sites (N-methyl/N-ethyl adjacent to an activating group) is 1. The number of piperidine rings is 1. The molecule has 0 radical (unpaired) electrons. The molecule has 0 saturated carbocycles. The zero-order chi connectivity index (χ0) is 17.4. The van der Waals surface area contributed by atoms with Gasteiger partial charge in [0.05, 0.1) is 12.5 Å². The van der Waals surface area contributed by atoms with Crippen molar-refractivity contribution in [2.24, 2.45) is 5.92 Å². The summed E-state index contributed by atoms with van der Waals surface area (Å²) in [4.78, 5) is 21.0. The zero-order valence-corrected chi connectivity index (χ0v) is 14.8. The fourth-order valence-corrected chi connectivity index (χ4v) is 4.09. The van der Waals surface area contributed by atoms with Gasteiger partial charge in [0, 0.05) is 26.1 Å². The summed E-state index contributed by atoms with van der Waals surface area (Å²) in [6.07, 6.45) is 2.72. The summed E-state index contributed by atoms with van der Waals surface area (Å²) in [5, 5.41) is 4.14. The maximum absolute atomic E-state index is 12.2. The van der Waals surface area contributed by atoms with Crippen LogP contribution in [0.3, 0.4) is 0 Å². The molecule has 25 heavy (non-hydrogen) atoms. The number of nitrogens with zero attached hydrogens (tertiary/aromatic N) is 4. The minimum atomic E-state index is 0.133. The lowest BCUT2D eigenvalue weighted by molar-refractivity contribution is -0.131. The van der Waals surface area contributed by atoms with Gasteiger partial charge in [-0.05, 0) is 37.4 Å². The fourth-order valence-electron chi connectivity index (χ4n) is 4.09. The number of hydrogen-bond donors (Lipinski definition) is 0. The predicted octanol–water partition coefficient (Wildman–Crippen LogP) is 2.02. The Bertz CT molecular complexity index is 772. The van der Waals surface area contributed by atoms with Crippen molar-refractivity contribution >= 4 is 5.91 Å². The van der Waals surface area contributed by atoms with E-state index < -0.39 is 0 Å². The van der Waals surface area contributed by atoms with Crippen molar-refractivity contribution < 1.29 is 9.32 Å². The third kappa shape index (κ3) is 3.18. The number of carbonyl (C=O) groups is 1. The number of benzene rings is 1. The van der Waals surface area contributed by atoms with E-state index in [1.165, 1.54) is 11.1 Å². The van der Waals surface area contributed by atoms with Gasteiger partial charge in [-0.25, -0.2) is 0 Å². The van der Waals surface area contributed by atoms with E-state index >= 15 is 0 Å². The van der Waals surface area contributed by atoms with E-state index in [2.05, 4.69) is 34.1 Å². The van der Waals surface area contributed by atoms with E-state index in [0.29, 0.717) is 18.9 Å². The molecule has 6 nitrogen and oxygen atoms in total. The number of likely N-dealkylation sites (tertiary alicyclic amines) is 2. The first-order valence-electron chi connectivity index (χ1n) is 8.97. The van der Waals surface area contributed by atoms with E-state index in [0.717, 1.165) is 31.8 Å². The molecule has 0 bridgehead atoms. The van der Waals surface area contributed by atoms with Crippen molar-refractivity contribution in [3.63, 3.8) is 0 Å². The molecule has 2 aliphatic heterocycles. The standard InChI is InChI=1S/C19H24N4O2/c1-13-6-3-4-7-14(13)10-17-20-18(25-21-17)12-23-9-5-8-15-16(23)11-22(2)19(15)24/h3-4,6-7,15-16H,5,8-12H2,1-2H3/t15-,16-/m1/s1. The lowest BCUT2D eigenvalue weighted by atomic mass is 9.91. The van der Waals surface area contributed by atoms with Crippen LogP contribution in [0.25, 0.3) is 0 Å². The van der Waals surface area contributed by atoms with Crippen molar-refractivity contribution in [1.82, 2.24) is 19.9 Å². The molecule has 0 aliphatic carbocycles. The second kappa shape index (κ2) is 6.59. The van der Waals surface area contributed by atoms with Crippen LogP contribution in [0.5, 0.6) is 0 Å². The van der Waals surface area contributed by atoms with Crippen LogP contribution in [0.2, 0.25) is 0 Å². The number of carbonyl (C=O) groups excluding carboxylic acids is 1. The van der Waals surface area contributed by atoms with E-state index in [-0.39, 0.29) is 17.9 Å². The van der Waals surface area contributed by atoms with Gasteiger partial charge in [0.25, 0.3) is 0 Å². The number of amides is 1. The average molecular weight is 340 g/mol. The third-order valence-corrected chi connectivity index (χ3v) is 5.51. The Labute approximate surface area is 147 Å². The number of hydrogen-bond acceptors (Lipinski definition) is 5. The Balaban J connectivity index is 1.44. The highest BCUT2D eigenvalue weighted by Crippen LogP contribution is 2.31. The van der Waals surface area contributed by atoms with Gasteiger partial charge in [0.15, 0.2) is 5.82 Å². The summed E-state index contributed by atoms with van der Waals surface area (Å²) < 4.78 is 5.48. The number of aryl methyl sites for hydroxylation is 1. The number of rotatable bonds is 4. The van der Waals surface area contributed by atoms with Gasteiger partial charge in [0.1, 0.15) is 0 Å². The molecule has 0 spiro atoms. The SMILES string of the molecule is Cc1ccccc1Cc1noc(CN2CCC[C@H]3C(=O)N(C)C[C@H]32)n1. The van der Waals surface area contributed by atoms with Gasteiger partial charge < -0.3 is 9.42 Å². The Morgan fingerprint density at radius 2 is 2.16 bits per heavy atom. The Morgan fingerprint density at radius 1 is 1.32 bits per heavy atom. The highest BCUT2D eigenvalue weighted by Gasteiger charge is 2.43. The Morgan fingerprint density at radius 3 is 3.00 bits per heavy atom. The van der Waals surface area contributed by atoms with Crippen molar-refractivity contribution in [3.05, 3.63) is 47.1 Å². The summed E-state index contributed by atoms with van der Waals surface area (Å²) >= 11 is 0. The molecule has 2 saturated heterocycles. The lowest BCUT2D eigenvalue weighted by Gasteiger charge is -2.34. The minimum absolute atomic E-state index is 0.133. The lowest BCUT2D eigenvalue weighted by Crippen LogP contribution is -2.44. The molecule has 2 atom stereocenters. The van der Waals surface area contributed by atoms with Gasteiger partial charge in [-0.15, -0.1) is 0 Å². The molecule has 132 valence electrons. The summed E-state index contributed by atoms with van der Waals surface area (Å²) in [7, 11) is 1.89. The molecule has 2 fully saturated rings. The normalized spacial score (nSPS) is 23.9. The molecule has 1 aromatic carbocycles. The van der Waals surface area contributed by atoms with Crippen LogP contribution in [-0.4, -0.2) is 52.0 Å². The van der Waals surface area contributed by atoms with Crippen LogP contribution in [0, 0.1) is 12.8 Å². The smallest absolute Gasteiger partial charge is 0.240 e. The molecule has 0 N–H and O–H groups in total. The van der Waals surface area contributed by atoms with Crippen molar-refractivity contribution in [2.45, 2.75) is 38.8 Å². The van der Waals surface area contributed by atoms with Crippen LogP contribution in [-0.2, 0) is 17.8 Å². The van der Waals surface area contributed by atoms with Gasteiger partial charge in [-0.1, -0.05) is 29.4 Å². The van der Waals surface area contributed by atoms with Crippen LogP contribution in [0.15, 0.2) is 28.8 Å². The molecule has 3 heterocycles. The van der Waals surface area contributed by atoms with Crippen molar-refractivity contribution in [2.75, 3.05) is 20.1 Å². The monoisotopic (exact) mass is 340 g/mol. The largest absolute Gasteiger partial charge is 0.344 e. The summed E-state index contributed by atoms with van der Waals surface area (Å²) in [6.45, 7) is 4.51. The van der Waals surface area contributed by atoms with E-state index in [9.17, 15) is 4.79 Å². The maximum atomic E-state index is 12.2. The summed E-state index contributed by atoms with van der Waals surface area (Å²) in [6, 6.07) is 8.54. The molecule has 4 rings (SSSR count). The number of fused-ring (bicyclic) bond motifs is 1. The molecule has 0 unspecified atom stereocenters. The average Bonchev–Trinajstić information content (AvgIpc) is 3.16. The maximum Gasteiger partial charge on any atom is 0.240 e. The van der Waals surface area contributed by atoms with E-state index in [1.807, 2.05) is 24.1 Å². The molecule has 2 aliphatic rings. The van der Waals surface area contributed by atoms with Gasteiger partial charge >= 0.3 is 0 Å². The fraction of sp³-hybridized carbons (Fsp3) is 0.526. The Hall–Kier alpha value is -2.21. The van der Waals surface area contributed by atoms with Crippen molar-refractivity contribution in [3.8, 4) is 0 Å². The van der Waals surface area contributed by atoms with Gasteiger partial charge in [-0.3, -0.25) is 9.69 Å². The quantitative estimate of drug-likeness (QED) is 0.852. The Kier molecular flexibility index (Phi) is 4.29. The van der Waals surface area contributed by atoms with Gasteiger partial charge in [0.2, 0.25) is 11.8 Å². The highest BCUT2D eigenvalue weighted by atomic mass is 16.5. The second-order valence-electron chi connectivity index (χ2n) is 7.21. The topological polar surface area (TPSA) is 62.5 Å². The summed E-state index contributed by atoms with van der Waals surface area (Å²) in [5.74, 6) is 1.78. The van der Waals surface area contributed by atoms with E-state index in [4.69, 9.17) is 4.52 Å². The van der Waals surface area contributed by atoms with Crippen LogP contribution in [0.4, 0.5) is 0 Å². The second-order valence-corrected chi connectivity index (χ2v) is 7.21. The zero-order valence-electron chi connectivity index (χ0n) is 14.8. The van der Waals surface area contributed by atoms with Crippen LogP contribution < -0.4 is 0 Å². The van der Waals surface area contributed by atoms with Crippen LogP contribution in [0.1, 0.15) is 35.7 Å². The van der Waals surface area contributed by atoms with Crippen molar-refractivity contribution in [1.29, 1.82) is 0 Å². The number of aromatic nitrogens is 2.